The van der Waals surface area contributed by atoms with E-state index < -0.39 is 0 Å². The summed E-state index contributed by atoms with van der Waals surface area (Å²) in [4.78, 5) is 10.7. The third kappa shape index (κ3) is 3.11. The van der Waals surface area contributed by atoms with E-state index in [1.807, 2.05) is 0 Å². The Bertz CT molecular complexity index is 141. The summed E-state index contributed by atoms with van der Waals surface area (Å²) in [6.07, 6.45) is 6.19. The molecular formula is C9H17NO2. The van der Waals surface area contributed by atoms with Crippen LogP contribution < -0.4 is 5.32 Å². The topological polar surface area (TPSA) is 38.3 Å². The summed E-state index contributed by atoms with van der Waals surface area (Å²) in [6.45, 7) is 0.761. The van der Waals surface area contributed by atoms with Crippen LogP contribution in [-0.2, 0) is 4.74 Å². The van der Waals surface area contributed by atoms with Crippen LogP contribution >= 0.6 is 0 Å². The van der Waals surface area contributed by atoms with Crippen LogP contribution in [0.4, 0.5) is 4.79 Å². The number of nitrogens with one attached hydrogen (secondary N) is 1. The van der Waals surface area contributed by atoms with Crippen molar-refractivity contribution in [2.24, 2.45) is 5.92 Å². The van der Waals surface area contributed by atoms with Crippen molar-refractivity contribution in [3.8, 4) is 0 Å². The predicted molar refractivity (Wildman–Crippen MR) is 47.0 cm³/mol. The van der Waals surface area contributed by atoms with Gasteiger partial charge in [0.1, 0.15) is 0 Å². The second-order valence-corrected chi connectivity index (χ2v) is 3.36. The smallest absolute Gasteiger partial charge is 0.406 e. The molecule has 1 rings (SSSR count). The Hall–Kier alpha value is -0.730. The van der Waals surface area contributed by atoms with Gasteiger partial charge in [-0.15, -0.1) is 0 Å². The van der Waals surface area contributed by atoms with E-state index in [4.69, 9.17) is 0 Å². The first-order chi connectivity index (χ1) is 5.83. The van der Waals surface area contributed by atoms with Crippen molar-refractivity contribution in [1.29, 1.82) is 0 Å². The Labute approximate surface area is 73.5 Å². The van der Waals surface area contributed by atoms with Gasteiger partial charge in [0.05, 0.1) is 7.11 Å². The van der Waals surface area contributed by atoms with Crippen LogP contribution in [0.5, 0.6) is 0 Å². The molecule has 0 spiro atoms. The Morgan fingerprint density at radius 3 is 2.75 bits per heavy atom. The van der Waals surface area contributed by atoms with Crippen LogP contribution in [0.2, 0.25) is 0 Å². The predicted octanol–water partition coefficient (Wildman–Crippen LogP) is 1.92. The largest absolute Gasteiger partial charge is 0.453 e. The highest BCUT2D eigenvalue weighted by Crippen LogP contribution is 2.26. The highest BCUT2D eigenvalue weighted by atomic mass is 16.5. The molecule has 1 amide bonds. The van der Waals surface area contributed by atoms with Gasteiger partial charge in [0.2, 0.25) is 0 Å². The second-order valence-electron chi connectivity index (χ2n) is 3.36. The Morgan fingerprint density at radius 2 is 2.17 bits per heavy atom. The molecule has 1 saturated carbocycles. The van der Waals surface area contributed by atoms with Gasteiger partial charge in [0, 0.05) is 6.54 Å². The fourth-order valence-electron chi connectivity index (χ4n) is 1.75. The third-order valence-electron chi connectivity index (χ3n) is 2.48. The van der Waals surface area contributed by atoms with Gasteiger partial charge < -0.3 is 10.1 Å². The molecule has 0 atom stereocenters. The van der Waals surface area contributed by atoms with Crippen molar-refractivity contribution in [2.45, 2.75) is 32.1 Å². The van der Waals surface area contributed by atoms with Gasteiger partial charge in [-0.05, 0) is 12.3 Å². The molecule has 1 aliphatic carbocycles. The minimum absolute atomic E-state index is 0.312. The minimum atomic E-state index is -0.312. The fraction of sp³-hybridized carbons (Fsp3) is 0.889. The maximum Gasteiger partial charge on any atom is 0.406 e. The lowest BCUT2D eigenvalue weighted by Gasteiger charge is -2.08. The van der Waals surface area contributed by atoms with E-state index in [2.05, 4.69) is 10.1 Å². The summed E-state index contributed by atoms with van der Waals surface area (Å²) in [6, 6.07) is 0. The van der Waals surface area contributed by atoms with Crippen molar-refractivity contribution >= 4 is 6.09 Å². The lowest BCUT2D eigenvalue weighted by molar-refractivity contribution is 0.170. The molecule has 3 nitrogen and oxygen atoms in total. The van der Waals surface area contributed by atoms with Gasteiger partial charge in [-0.2, -0.15) is 0 Å². The molecule has 3 heteroatoms. The van der Waals surface area contributed by atoms with Crippen molar-refractivity contribution in [1.82, 2.24) is 5.32 Å². The third-order valence-corrected chi connectivity index (χ3v) is 2.48. The van der Waals surface area contributed by atoms with Crippen LogP contribution in [-0.4, -0.2) is 19.7 Å². The zero-order chi connectivity index (χ0) is 8.81. The maximum absolute atomic E-state index is 10.7. The number of carbonyl (C=O) groups excluding carboxylic acids is 1. The average Bonchev–Trinajstić information content (AvgIpc) is 2.57. The number of alkyl carbamates (subject to hydrolysis) is 1. The normalized spacial score (nSPS) is 17.8. The summed E-state index contributed by atoms with van der Waals surface area (Å²) in [7, 11) is 1.39. The molecule has 70 valence electrons. The van der Waals surface area contributed by atoms with Crippen LogP contribution in [0, 0.1) is 5.92 Å². The van der Waals surface area contributed by atoms with Crippen LogP contribution in [0.3, 0.4) is 0 Å². The molecule has 12 heavy (non-hydrogen) atoms. The van der Waals surface area contributed by atoms with Crippen LogP contribution in [0.15, 0.2) is 0 Å². The molecule has 0 radical (unpaired) electrons. The molecule has 0 saturated heterocycles. The second kappa shape index (κ2) is 5.01. The Kier molecular flexibility index (Phi) is 3.91. The number of hydrogen-bond acceptors (Lipinski definition) is 2. The molecule has 0 unspecified atom stereocenters. The first kappa shape index (κ1) is 9.36. The Balaban J connectivity index is 1.97. The van der Waals surface area contributed by atoms with E-state index in [1.165, 1.54) is 32.8 Å². The summed E-state index contributed by atoms with van der Waals surface area (Å²) in [5.41, 5.74) is 0. The first-order valence-corrected chi connectivity index (χ1v) is 4.64. The molecule has 0 aliphatic heterocycles. The zero-order valence-corrected chi connectivity index (χ0v) is 7.64. The lowest BCUT2D eigenvalue weighted by Crippen LogP contribution is -2.25. The summed E-state index contributed by atoms with van der Waals surface area (Å²) < 4.78 is 4.46. The SMILES string of the molecule is COC(=O)NCCC1CCCC1. The average molecular weight is 171 g/mol. The van der Waals surface area contributed by atoms with Gasteiger partial charge >= 0.3 is 6.09 Å². The van der Waals surface area contributed by atoms with E-state index in [0.29, 0.717) is 0 Å². The van der Waals surface area contributed by atoms with Crippen LogP contribution in [0.1, 0.15) is 32.1 Å². The van der Waals surface area contributed by atoms with Gasteiger partial charge in [-0.25, -0.2) is 4.79 Å². The zero-order valence-electron chi connectivity index (χ0n) is 7.64. The minimum Gasteiger partial charge on any atom is -0.453 e. The molecular weight excluding hydrogens is 154 g/mol. The van der Waals surface area contributed by atoms with E-state index in [-0.39, 0.29) is 6.09 Å². The first-order valence-electron chi connectivity index (χ1n) is 4.64. The van der Waals surface area contributed by atoms with E-state index in [0.717, 1.165) is 18.9 Å². The monoisotopic (exact) mass is 171 g/mol. The molecule has 0 aromatic carbocycles. The molecule has 0 aromatic heterocycles. The van der Waals surface area contributed by atoms with Gasteiger partial charge in [-0.3, -0.25) is 0 Å². The number of methoxy groups -OCH3 is 1. The van der Waals surface area contributed by atoms with E-state index in [9.17, 15) is 4.79 Å². The van der Waals surface area contributed by atoms with Crippen molar-refractivity contribution in [3.05, 3.63) is 0 Å². The van der Waals surface area contributed by atoms with Crippen molar-refractivity contribution in [2.75, 3.05) is 13.7 Å². The van der Waals surface area contributed by atoms with E-state index >= 15 is 0 Å². The molecule has 0 bridgehead atoms. The van der Waals surface area contributed by atoms with Crippen molar-refractivity contribution < 1.29 is 9.53 Å². The molecule has 1 fully saturated rings. The van der Waals surface area contributed by atoms with Crippen LogP contribution in [0.25, 0.3) is 0 Å². The number of hydrogen-bond donors (Lipinski definition) is 1. The standard InChI is InChI=1S/C9H17NO2/c1-12-9(11)10-7-6-8-4-2-3-5-8/h8H,2-7H2,1H3,(H,10,11). The van der Waals surface area contributed by atoms with E-state index in [1.54, 1.807) is 0 Å². The fourth-order valence-corrected chi connectivity index (χ4v) is 1.75. The lowest BCUT2D eigenvalue weighted by atomic mass is 10.0. The summed E-state index contributed by atoms with van der Waals surface area (Å²) >= 11 is 0. The number of carbonyl (C=O) groups is 1. The van der Waals surface area contributed by atoms with Gasteiger partial charge in [0.25, 0.3) is 0 Å². The van der Waals surface area contributed by atoms with Crippen molar-refractivity contribution in [3.63, 3.8) is 0 Å². The highest BCUT2D eigenvalue weighted by Gasteiger charge is 2.14. The van der Waals surface area contributed by atoms with Gasteiger partial charge in [-0.1, -0.05) is 25.7 Å². The molecule has 0 heterocycles. The number of amides is 1. The number of ether oxygens (including phenoxy) is 1. The molecule has 1 N–H and O–H groups in total. The number of rotatable bonds is 3. The van der Waals surface area contributed by atoms with Gasteiger partial charge in [0.15, 0.2) is 0 Å². The summed E-state index contributed by atoms with van der Waals surface area (Å²) in [5.74, 6) is 0.835. The highest BCUT2D eigenvalue weighted by molar-refractivity contribution is 5.66. The molecule has 1 aliphatic rings. The quantitative estimate of drug-likeness (QED) is 0.704. The summed E-state index contributed by atoms with van der Waals surface area (Å²) in [5, 5.41) is 2.70. The maximum atomic E-state index is 10.7. The molecule has 0 aromatic rings. The Morgan fingerprint density at radius 1 is 1.50 bits per heavy atom.